The van der Waals surface area contributed by atoms with Crippen LogP contribution in [0, 0.1) is 24.4 Å². The Hall–Kier alpha value is -3.27. The van der Waals surface area contributed by atoms with Gasteiger partial charge in [-0.3, -0.25) is 0 Å². The van der Waals surface area contributed by atoms with Gasteiger partial charge in [0, 0.05) is 5.56 Å². The smallest absolute Gasteiger partial charge is 0.166 e. The number of hydrogen-bond donors (Lipinski definition) is 0. The highest BCUT2D eigenvalue weighted by atomic mass is 19.2. The number of benzene rings is 3. The van der Waals surface area contributed by atoms with Crippen LogP contribution >= 0.6 is 0 Å². The molecule has 0 aliphatic carbocycles. The highest BCUT2D eigenvalue weighted by molar-refractivity contribution is 5.72. The predicted octanol–water partition coefficient (Wildman–Crippen LogP) is 7.59. The number of ether oxygens (including phenoxy) is 1. The molecule has 0 saturated heterocycles. The van der Waals surface area contributed by atoms with Gasteiger partial charge in [-0.05, 0) is 54.2 Å². The molecule has 0 unspecified atom stereocenters. The second-order valence-electron chi connectivity index (χ2n) is 6.98. The summed E-state index contributed by atoms with van der Waals surface area (Å²) in [7, 11) is 0. The zero-order valence-electron chi connectivity index (χ0n) is 16.8. The highest BCUT2D eigenvalue weighted by Crippen LogP contribution is 2.26. The molecule has 0 N–H and O–H groups in total. The van der Waals surface area contributed by atoms with Crippen LogP contribution in [0.1, 0.15) is 29.5 Å². The van der Waals surface area contributed by atoms with Crippen LogP contribution < -0.4 is 4.74 Å². The van der Waals surface area contributed by atoms with E-state index in [1.165, 1.54) is 19.1 Å². The molecule has 0 radical (unpaired) electrons. The zero-order valence-corrected chi connectivity index (χ0v) is 16.8. The van der Waals surface area contributed by atoms with Gasteiger partial charge in [0.25, 0.3) is 0 Å². The quantitative estimate of drug-likeness (QED) is 0.212. The Morgan fingerprint density at radius 1 is 0.867 bits per heavy atom. The molecule has 0 spiro atoms. The van der Waals surface area contributed by atoms with E-state index in [-0.39, 0.29) is 16.9 Å². The molecule has 0 aliphatic heterocycles. The maximum atomic E-state index is 14.3. The first-order valence-corrected chi connectivity index (χ1v) is 9.76. The molecule has 3 rings (SSSR count). The fourth-order valence-electron chi connectivity index (χ4n) is 2.97. The summed E-state index contributed by atoms with van der Waals surface area (Å²) in [6.07, 6.45) is 6.66. The van der Waals surface area contributed by atoms with Crippen LogP contribution in [-0.4, -0.2) is 6.61 Å². The summed E-state index contributed by atoms with van der Waals surface area (Å²) in [4.78, 5) is 0. The van der Waals surface area contributed by atoms with Crippen molar-refractivity contribution in [3.8, 4) is 16.9 Å². The minimum absolute atomic E-state index is 0.188. The van der Waals surface area contributed by atoms with Gasteiger partial charge in [0.05, 0.1) is 6.61 Å². The maximum Gasteiger partial charge on any atom is 0.166 e. The molecule has 3 aromatic carbocycles. The Balaban J connectivity index is 1.70. The van der Waals surface area contributed by atoms with Crippen molar-refractivity contribution in [2.24, 2.45) is 0 Å². The Bertz CT molecular complexity index is 1050. The van der Waals surface area contributed by atoms with E-state index in [0.29, 0.717) is 6.61 Å². The number of unbranched alkanes of at least 4 members (excludes halogenated alkanes) is 1. The van der Waals surface area contributed by atoms with Gasteiger partial charge in [0.15, 0.2) is 23.2 Å². The number of rotatable bonds is 8. The van der Waals surface area contributed by atoms with Gasteiger partial charge >= 0.3 is 0 Å². The normalized spacial score (nSPS) is 11.1. The first kappa shape index (κ1) is 21.4. The lowest BCUT2D eigenvalue weighted by Gasteiger charge is -2.09. The largest absolute Gasteiger partial charge is 0.491 e. The molecule has 0 amide bonds. The van der Waals surface area contributed by atoms with Gasteiger partial charge < -0.3 is 4.74 Å². The van der Waals surface area contributed by atoms with Crippen LogP contribution in [0.4, 0.5) is 13.2 Å². The average Bonchev–Trinajstić information content (AvgIpc) is 2.76. The van der Waals surface area contributed by atoms with Crippen LogP contribution in [0.3, 0.4) is 0 Å². The molecule has 0 fully saturated rings. The second kappa shape index (κ2) is 9.97. The van der Waals surface area contributed by atoms with Crippen molar-refractivity contribution in [1.82, 2.24) is 0 Å². The SMILES string of the molecule is C=CCCCOc1ccc(-c2ccc(/C=C/c3ccc(C)c(F)c3F)cc2)cc1F. The van der Waals surface area contributed by atoms with Crippen LogP contribution in [0.25, 0.3) is 23.3 Å². The van der Waals surface area contributed by atoms with Gasteiger partial charge in [-0.2, -0.15) is 0 Å². The summed E-state index contributed by atoms with van der Waals surface area (Å²) in [6.45, 7) is 5.61. The third-order valence-electron chi connectivity index (χ3n) is 4.75. The van der Waals surface area contributed by atoms with E-state index in [0.717, 1.165) is 29.5 Å². The first-order valence-electron chi connectivity index (χ1n) is 9.76. The maximum absolute atomic E-state index is 14.3. The monoisotopic (exact) mass is 408 g/mol. The molecule has 3 aromatic rings. The van der Waals surface area contributed by atoms with Crippen molar-refractivity contribution in [1.29, 1.82) is 0 Å². The minimum atomic E-state index is -0.856. The van der Waals surface area contributed by atoms with Crippen molar-refractivity contribution in [2.75, 3.05) is 6.61 Å². The molecule has 0 bridgehead atoms. The Kier molecular flexibility index (Phi) is 7.12. The van der Waals surface area contributed by atoms with E-state index in [4.69, 9.17) is 4.74 Å². The van der Waals surface area contributed by atoms with Crippen molar-refractivity contribution in [2.45, 2.75) is 19.8 Å². The lowest BCUT2D eigenvalue weighted by molar-refractivity contribution is 0.297. The van der Waals surface area contributed by atoms with E-state index >= 15 is 0 Å². The van der Waals surface area contributed by atoms with E-state index in [1.54, 1.807) is 36.4 Å². The van der Waals surface area contributed by atoms with E-state index in [1.807, 2.05) is 24.3 Å². The van der Waals surface area contributed by atoms with Crippen molar-refractivity contribution >= 4 is 12.2 Å². The fraction of sp³-hybridized carbons (Fsp3) is 0.154. The van der Waals surface area contributed by atoms with Gasteiger partial charge in [0.2, 0.25) is 0 Å². The van der Waals surface area contributed by atoms with Crippen molar-refractivity contribution in [3.63, 3.8) is 0 Å². The summed E-state index contributed by atoms with van der Waals surface area (Å²) >= 11 is 0. The molecule has 0 saturated carbocycles. The number of hydrogen-bond acceptors (Lipinski definition) is 1. The first-order chi connectivity index (χ1) is 14.5. The van der Waals surface area contributed by atoms with Gasteiger partial charge in [0.1, 0.15) is 0 Å². The predicted molar refractivity (Wildman–Crippen MR) is 117 cm³/mol. The summed E-state index contributed by atoms with van der Waals surface area (Å²) in [6, 6.07) is 15.3. The molecule has 4 heteroatoms. The molecule has 154 valence electrons. The van der Waals surface area contributed by atoms with Gasteiger partial charge in [-0.1, -0.05) is 60.7 Å². The average molecular weight is 408 g/mol. The van der Waals surface area contributed by atoms with Crippen LogP contribution in [0.15, 0.2) is 67.3 Å². The summed E-state index contributed by atoms with van der Waals surface area (Å²) in [5, 5.41) is 0. The summed E-state index contributed by atoms with van der Waals surface area (Å²) in [5.74, 6) is -1.87. The number of allylic oxidation sites excluding steroid dienone is 1. The molecule has 0 heterocycles. The zero-order chi connectivity index (χ0) is 21.5. The Labute approximate surface area is 175 Å². The topological polar surface area (TPSA) is 9.23 Å². The molecular weight excluding hydrogens is 385 g/mol. The fourth-order valence-corrected chi connectivity index (χ4v) is 2.97. The molecule has 0 aliphatic rings. The van der Waals surface area contributed by atoms with Crippen LogP contribution in [-0.2, 0) is 0 Å². The number of halogens is 3. The van der Waals surface area contributed by atoms with E-state index < -0.39 is 17.5 Å². The Morgan fingerprint density at radius 2 is 1.60 bits per heavy atom. The molecule has 0 aromatic heterocycles. The van der Waals surface area contributed by atoms with Crippen LogP contribution in [0.2, 0.25) is 0 Å². The van der Waals surface area contributed by atoms with Gasteiger partial charge in [-0.15, -0.1) is 6.58 Å². The molecular formula is C26H23F3O. The third-order valence-corrected chi connectivity index (χ3v) is 4.75. The lowest BCUT2D eigenvalue weighted by atomic mass is 10.0. The standard InChI is InChI=1S/C26H23F3O/c1-3-4-5-16-30-24-15-14-22(17-23(24)27)20-11-7-19(8-12-20)9-13-21-10-6-18(2)25(28)26(21)29/h3,6-15,17H,1,4-5,16H2,2H3/b13-9+. The minimum Gasteiger partial charge on any atom is -0.491 e. The molecule has 1 nitrogen and oxygen atoms in total. The van der Waals surface area contributed by atoms with E-state index in [2.05, 4.69) is 6.58 Å². The van der Waals surface area contributed by atoms with Gasteiger partial charge in [-0.25, -0.2) is 13.2 Å². The molecule has 30 heavy (non-hydrogen) atoms. The lowest BCUT2D eigenvalue weighted by Crippen LogP contribution is -1.98. The number of aryl methyl sites for hydroxylation is 1. The van der Waals surface area contributed by atoms with Crippen molar-refractivity contribution in [3.05, 3.63) is 101 Å². The summed E-state index contributed by atoms with van der Waals surface area (Å²) in [5.41, 5.74) is 2.86. The third kappa shape index (κ3) is 5.20. The Morgan fingerprint density at radius 3 is 2.30 bits per heavy atom. The second-order valence-corrected chi connectivity index (χ2v) is 6.98. The summed E-state index contributed by atoms with van der Waals surface area (Å²) < 4.78 is 47.4. The van der Waals surface area contributed by atoms with Crippen LogP contribution in [0.5, 0.6) is 5.75 Å². The molecule has 0 atom stereocenters. The van der Waals surface area contributed by atoms with Crippen molar-refractivity contribution < 1.29 is 17.9 Å². The highest BCUT2D eigenvalue weighted by Gasteiger charge is 2.09. The van der Waals surface area contributed by atoms with E-state index in [9.17, 15) is 13.2 Å².